The van der Waals surface area contributed by atoms with E-state index in [1.165, 1.54) is 40.7 Å². The molecule has 1 fully saturated rings. The third kappa shape index (κ3) is 10.6. The summed E-state index contributed by atoms with van der Waals surface area (Å²) in [5.74, 6) is 7.34. The molecule has 0 spiro atoms. The van der Waals surface area contributed by atoms with Gasteiger partial charge in [0.1, 0.15) is 5.59 Å². The molecule has 0 atom stereocenters. The van der Waals surface area contributed by atoms with Crippen LogP contribution in [0.1, 0.15) is 45.7 Å². The number of rotatable bonds is 0. The van der Waals surface area contributed by atoms with Crippen molar-refractivity contribution in [2.24, 2.45) is 0 Å². The smallest absolute Gasteiger partial charge is 0.184 e. The fourth-order valence-corrected chi connectivity index (χ4v) is 2.35. The minimum atomic E-state index is 0. The Morgan fingerprint density at radius 2 is 0.704 bits per heavy atom. The summed E-state index contributed by atoms with van der Waals surface area (Å²) in [6.07, 6.45) is 0. The summed E-state index contributed by atoms with van der Waals surface area (Å²) in [6.45, 7) is 15.1. The van der Waals surface area contributed by atoms with Crippen LogP contribution >= 0.6 is 0 Å². The first-order chi connectivity index (χ1) is 12.3. The fourth-order valence-electron chi connectivity index (χ4n) is 2.35. The molecule has 2 nitrogen and oxygen atoms in total. The van der Waals surface area contributed by atoms with Crippen molar-refractivity contribution in [2.45, 2.75) is 48.5 Å². The molecule has 0 heterocycles. The molecule has 3 rings (SSSR count). The summed E-state index contributed by atoms with van der Waals surface area (Å²) < 4.78 is 0. The van der Waals surface area contributed by atoms with E-state index in [9.17, 15) is 0 Å². The number of benzene rings is 2. The predicted octanol–water partition coefficient (Wildman–Crippen LogP) is 6.11. The molecule has 0 aromatic heterocycles. The largest absolute Gasteiger partial charge is 2.00 e. The molecule has 3 heteroatoms. The van der Waals surface area contributed by atoms with Crippen LogP contribution in [0.5, 0.6) is 0 Å². The topological polar surface area (TPSA) is 39.4 Å². The van der Waals surface area contributed by atoms with Crippen LogP contribution in [-0.2, 0) is 21.1 Å². The van der Waals surface area contributed by atoms with Gasteiger partial charge in [0.05, 0.1) is 0 Å². The summed E-state index contributed by atoms with van der Waals surface area (Å²) in [5.41, 5.74) is 8.33. The van der Waals surface area contributed by atoms with E-state index in [4.69, 9.17) is 10.5 Å². The molecule has 0 bridgehead atoms. The number of hydrogen-bond donors (Lipinski definition) is 0. The van der Waals surface area contributed by atoms with Gasteiger partial charge >= 0.3 is 21.1 Å². The van der Waals surface area contributed by atoms with Gasteiger partial charge in [-0.3, -0.25) is 0 Å². The molecule has 27 heavy (non-hydrogen) atoms. The molecule has 0 amide bonds. The van der Waals surface area contributed by atoms with Gasteiger partial charge in [0.25, 0.3) is 0 Å². The molecular weight excluding hydrogens is 502 g/mol. The third-order valence-electron chi connectivity index (χ3n) is 4.58. The van der Waals surface area contributed by atoms with Crippen LogP contribution in [0, 0.1) is 60.5 Å². The van der Waals surface area contributed by atoms with Crippen LogP contribution in [0.25, 0.3) is 0 Å². The second-order valence-electron chi connectivity index (χ2n) is 6.28. The second-order valence-corrected chi connectivity index (χ2v) is 6.28. The van der Waals surface area contributed by atoms with Gasteiger partial charge in [-0.15, -0.1) is 4.91 Å². The molecule has 2 aromatic carbocycles. The standard InChI is InChI=1S/C10H15.2C7H7.NO.W/c1-6-7(2)9(4)10(5)8(6)3;2*1-7-5-3-2-4-6-7;1-2;/h1-5H3;2*3-6H,1H3;;/q;2*-1;;+2. The van der Waals surface area contributed by atoms with E-state index in [1.54, 1.807) is 0 Å². The van der Waals surface area contributed by atoms with Gasteiger partial charge in [-0.25, -0.2) is 0 Å². The maximum absolute atomic E-state index is 7.25. The molecule has 0 saturated heterocycles. The number of nitroso groups, excluding NO2 is 1. The molecule has 0 N–H and O–H groups in total. The summed E-state index contributed by atoms with van der Waals surface area (Å²) in [5, 5.41) is 0. The molecular formula is C24H29NOW. The first-order valence-corrected chi connectivity index (χ1v) is 8.58. The van der Waals surface area contributed by atoms with Crippen molar-refractivity contribution in [3.8, 4) is 0 Å². The van der Waals surface area contributed by atoms with Crippen molar-refractivity contribution in [3.05, 3.63) is 106 Å². The van der Waals surface area contributed by atoms with Crippen LogP contribution < -0.4 is 5.59 Å². The SMILES string of the molecule is C[C]1[C](C)[C](C)[C](C)[C]1C.Cc1cc[c-]cc1.Cc1cc[c-]cc1.[N]=O.[W+2]. The maximum Gasteiger partial charge on any atom is 2.00 e. The number of nitrogens with zero attached hydrogens (tertiary/aromatic N) is 1. The zero-order chi connectivity index (χ0) is 20.1. The third-order valence-corrected chi connectivity index (χ3v) is 4.58. The average Bonchev–Trinajstić information content (AvgIpc) is 2.83. The Morgan fingerprint density at radius 1 is 0.519 bits per heavy atom. The van der Waals surface area contributed by atoms with E-state index < -0.39 is 0 Å². The van der Waals surface area contributed by atoms with Gasteiger partial charge in [0.15, 0.2) is 0 Å². The first kappa shape index (κ1) is 27.9. The summed E-state index contributed by atoms with van der Waals surface area (Å²) in [6, 6.07) is 21.6. The first-order valence-electron chi connectivity index (χ1n) is 8.58. The molecule has 142 valence electrons. The Balaban J connectivity index is 0. The van der Waals surface area contributed by atoms with Crippen molar-refractivity contribution >= 4 is 0 Å². The molecule has 2 aromatic rings. The molecule has 1 aliphatic rings. The van der Waals surface area contributed by atoms with E-state index in [1.807, 2.05) is 48.5 Å². The maximum atomic E-state index is 7.25. The quantitative estimate of drug-likeness (QED) is 0.378. The monoisotopic (exact) mass is 531 g/mol. The van der Waals surface area contributed by atoms with Crippen LogP contribution in [-0.4, -0.2) is 0 Å². The van der Waals surface area contributed by atoms with E-state index in [0.717, 1.165) is 0 Å². The Bertz CT molecular complexity index is 493. The Hall–Kier alpha value is -1.27. The summed E-state index contributed by atoms with van der Waals surface area (Å²) in [7, 11) is 0. The van der Waals surface area contributed by atoms with Gasteiger partial charge in [-0.05, 0) is 29.6 Å². The van der Waals surface area contributed by atoms with Crippen LogP contribution in [0.2, 0.25) is 0 Å². The molecule has 0 unspecified atom stereocenters. The van der Waals surface area contributed by atoms with Crippen molar-refractivity contribution < 1.29 is 21.1 Å². The summed E-state index contributed by atoms with van der Waals surface area (Å²) >= 11 is 0. The minimum Gasteiger partial charge on any atom is -0.184 e. The van der Waals surface area contributed by atoms with Crippen molar-refractivity contribution in [2.75, 3.05) is 0 Å². The minimum absolute atomic E-state index is 0. The van der Waals surface area contributed by atoms with E-state index in [-0.39, 0.29) is 21.1 Å². The normalized spacial score (nSPS) is 15.2. The van der Waals surface area contributed by atoms with Crippen molar-refractivity contribution in [1.82, 2.24) is 5.59 Å². The van der Waals surface area contributed by atoms with Gasteiger partial charge in [0, 0.05) is 0 Å². The van der Waals surface area contributed by atoms with Crippen molar-refractivity contribution in [1.29, 1.82) is 0 Å². The van der Waals surface area contributed by atoms with Gasteiger partial charge in [0.2, 0.25) is 0 Å². The summed E-state index contributed by atoms with van der Waals surface area (Å²) in [4.78, 5) is 7.25. The van der Waals surface area contributed by atoms with Gasteiger partial charge < -0.3 is 0 Å². The van der Waals surface area contributed by atoms with Crippen LogP contribution in [0.3, 0.4) is 0 Å². The molecule has 1 saturated carbocycles. The fraction of sp³-hybridized carbons (Fsp3) is 0.292. The van der Waals surface area contributed by atoms with Gasteiger partial charge in [-0.1, -0.05) is 48.5 Å². The number of hydrogen-bond acceptors (Lipinski definition) is 1. The van der Waals surface area contributed by atoms with Crippen LogP contribution in [0.4, 0.5) is 0 Å². The van der Waals surface area contributed by atoms with E-state index in [0.29, 0.717) is 0 Å². The average molecular weight is 531 g/mol. The van der Waals surface area contributed by atoms with Crippen LogP contribution in [0.15, 0.2) is 48.5 Å². The predicted molar refractivity (Wildman–Crippen MR) is 110 cm³/mol. The second kappa shape index (κ2) is 15.8. The molecule has 6 radical (unpaired) electrons. The Morgan fingerprint density at radius 3 is 0.815 bits per heavy atom. The molecule has 0 aliphatic heterocycles. The zero-order valence-electron chi connectivity index (χ0n) is 17.4. The van der Waals surface area contributed by atoms with Crippen molar-refractivity contribution in [3.63, 3.8) is 0 Å². The number of aryl methyl sites for hydroxylation is 2. The Kier molecular flexibility index (Phi) is 16.3. The van der Waals surface area contributed by atoms with E-state index in [2.05, 4.69) is 60.6 Å². The van der Waals surface area contributed by atoms with E-state index >= 15 is 0 Å². The molecule has 1 aliphatic carbocycles. The Labute approximate surface area is 181 Å². The van der Waals surface area contributed by atoms with Gasteiger partial charge in [-0.2, -0.15) is 71.8 Å². The zero-order valence-corrected chi connectivity index (χ0v) is 20.3.